The summed E-state index contributed by atoms with van der Waals surface area (Å²) in [6.45, 7) is 1.04. The molecule has 19 heavy (non-hydrogen) atoms. The van der Waals surface area contributed by atoms with Gasteiger partial charge in [-0.15, -0.1) is 0 Å². The average Bonchev–Trinajstić information content (AvgIpc) is 2.65. The zero-order valence-corrected chi connectivity index (χ0v) is 10.5. The number of benzene rings is 1. The van der Waals surface area contributed by atoms with E-state index in [0.29, 0.717) is 19.5 Å². The number of likely N-dealkylation sites (tertiary alicyclic amines) is 2. The van der Waals surface area contributed by atoms with Crippen molar-refractivity contribution in [3.05, 3.63) is 35.9 Å². The fraction of sp³-hybridized carbons (Fsp3) is 0.429. The molecule has 0 radical (unpaired) electrons. The maximum Gasteiger partial charge on any atom is 0.407 e. The number of amides is 2. The Bertz CT molecular complexity index is 503. The first kappa shape index (κ1) is 12.0. The van der Waals surface area contributed by atoms with Gasteiger partial charge in [-0.2, -0.15) is 0 Å². The Morgan fingerprint density at radius 3 is 2.74 bits per heavy atom. The zero-order valence-electron chi connectivity index (χ0n) is 10.5. The van der Waals surface area contributed by atoms with Gasteiger partial charge in [0.05, 0.1) is 0 Å². The molecule has 0 aromatic heterocycles. The number of hydrogen-bond donors (Lipinski definition) is 1. The summed E-state index contributed by atoms with van der Waals surface area (Å²) in [5.41, 5.74) is 1.09. The number of hydrogen-bond acceptors (Lipinski definition) is 2. The van der Waals surface area contributed by atoms with Crippen molar-refractivity contribution >= 4 is 12.0 Å². The van der Waals surface area contributed by atoms with Gasteiger partial charge in [-0.25, -0.2) is 4.79 Å². The van der Waals surface area contributed by atoms with Crippen molar-refractivity contribution in [3.8, 4) is 0 Å². The van der Waals surface area contributed by atoms with Gasteiger partial charge in [0.25, 0.3) is 0 Å². The van der Waals surface area contributed by atoms with E-state index in [0.717, 1.165) is 12.0 Å². The Balaban J connectivity index is 1.78. The Kier molecular flexibility index (Phi) is 2.89. The molecule has 0 unspecified atom stereocenters. The molecule has 2 aliphatic heterocycles. The Hall–Kier alpha value is -2.04. The molecule has 2 saturated heterocycles. The van der Waals surface area contributed by atoms with Crippen molar-refractivity contribution in [2.45, 2.75) is 31.5 Å². The molecule has 2 atom stereocenters. The third-order valence-electron chi connectivity index (χ3n) is 4.03. The van der Waals surface area contributed by atoms with E-state index >= 15 is 0 Å². The van der Waals surface area contributed by atoms with E-state index < -0.39 is 12.1 Å². The molecule has 5 heteroatoms. The second kappa shape index (κ2) is 4.57. The highest BCUT2D eigenvalue weighted by molar-refractivity contribution is 5.88. The maximum absolute atomic E-state index is 12.3. The second-order valence-electron chi connectivity index (χ2n) is 5.12. The minimum absolute atomic E-state index is 0.0475. The lowest BCUT2D eigenvalue weighted by Gasteiger charge is -2.28. The van der Waals surface area contributed by atoms with Crippen molar-refractivity contribution in [3.63, 3.8) is 0 Å². The number of carbonyl (C=O) groups is 2. The van der Waals surface area contributed by atoms with Crippen LogP contribution >= 0.6 is 0 Å². The molecule has 0 aliphatic carbocycles. The highest BCUT2D eigenvalue weighted by Crippen LogP contribution is 2.32. The summed E-state index contributed by atoms with van der Waals surface area (Å²) in [6.07, 6.45) is 0.387. The van der Waals surface area contributed by atoms with E-state index in [1.165, 1.54) is 4.90 Å². The topological polar surface area (TPSA) is 60.9 Å². The Morgan fingerprint density at radius 2 is 2.05 bits per heavy atom. The minimum Gasteiger partial charge on any atom is -0.465 e. The number of fused-ring (bicyclic) bond motifs is 2. The molecule has 2 fully saturated rings. The Labute approximate surface area is 111 Å². The summed E-state index contributed by atoms with van der Waals surface area (Å²) in [7, 11) is 0. The van der Waals surface area contributed by atoms with E-state index in [-0.39, 0.29) is 11.9 Å². The van der Waals surface area contributed by atoms with Crippen LogP contribution in [-0.2, 0) is 11.3 Å². The highest BCUT2D eigenvalue weighted by Gasteiger charge is 2.47. The van der Waals surface area contributed by atoms with Crippen LogP contribution in [0.25, 0.3) is 0 Å². The molecule has 2 heterocycles. The molecule has 2 aliphatic rings. The predicted molar refractivity (Wildman–Crippen MR) is 68.5 cm³/mol. The van der Waals surface area contributed by atoms with Crippen molar-refractivity contribution in [1.29, 1.82) is 0 Å². The molecule has 0 spiro atoms. The smallest absolute Gasteiger partial charge is 0.407 e. The third-order valence-corrected chi connectivity index (χ3v) is 4.03. The monoisotopic (exact) mass is 260 g/mol. The first-order valence-corrected chi connectivity index (χ1v) is 6.51. The van der Waals surface area contributed by atoms with Gasteiger partial charge in [0.1, 0.15) is 6.04 Å². The predicted octanol–water partition coefficient (Wildman–Crippen LogP) is 1.54. The van der Waals surface area contributed by atoms with Crippen LogP contribution in [0.5, 0.6) is 0 Å². The lowest BCUT2D eigenvalue weighted by molar-refractivity contribution is -0.132. The molecule has 2 bridgehead atoms. The average molecular weight is 260 g/mol. The number of nitrogens with zero attached hydrogens (tertiary/aromatic N) is 2. The van der Waals surface area contributed by atoms with Crippen LogP contribution in [-0.4, -0.2) is 45.5 Å². The van der Waals surface area contributed by atoms with Gasteiger partial charge in [-0.3, -0.25) is 9.69 Å². The summed E-state index contributed by atoms with van der Waals surface area (Å²) in [5, 5.41) is 9.11. The SMILES string of the molecule is O=C1[C@H]2C[C@H](CCN2C(=O)O)N1Cc1ccccc1. The van der Waals surface area contributed by atoms with Gasteiger partial charge >= 0.3 is 6.09 Å². The van der Waals surface area contributed by atoms with Gasteiger partial charge in [-0.1, -0.05) is 30.3 Å². The first-order valence-electron chi connectivity index (χ1n) is 6.51. The van der Waals surface area contributed by atoms with E-state index in [1.54, 1.807) is 0 Å². The summed E-state index contributed by atoms with van der Waals surface area (Å²) < 4.78 is 0. The fourth-order valence-electron chi connectivity index (χ4n) is 3.05. The largest absolute Gasteiger partial charge is 0.465 e. The van der Waals surface area contributed by atoms with E-state index in [2.05, 4.69) is 0 Å². The van der Waals surface area contributed by atoms with Crippen molar-refractivity contribution < 1.29 is 14.7 Å². The second-order valence-corrected chi connectivity index (χ2v) is 5.12. The van der Waals surface area contributed by atoms with Crippen LogP contribution < -0.4 is 0 Å². The normalized spacial score (nSPS) is 25.8. The minimum atomic E-state index is -0.988. The lowest BCUT2D eigenvalue weighted by atomic mass is 10.0. The van der Waals surface area contributed by atoms with Gasteiger partial charge < -0.3 is 10.0 Å². The van der Waals surface area contributed by atoms with Crippen LogP contribution in [0.4, 0.5) is 4.79 Å². The van der Waals surface area contributed by atoms with Gasteiger partial charge in [0, 0.05) is 19.1 Å². The van der Waals surface area contributed by atoms with Gasteiger partial charge in [0.15, 0.2) is 0 Å². The molecule has 100 valence electrons. The molecular formula is C14H16N2O3. The quantitative estimate of drug-likeness (QED) is 0.877. The van der Waals surface area contributed by atoms with Crippen LogP contribution in [0.15, 0.2) is 30.3 Å². The van der Waals surface area contributed by atoms with Crippen LogP contribution in [0.2, 0.25) is 0 Å². The summed E-state index contributed by atoms with van der Waals surface area (Å²) >= 11 is 0. The van der Waals surface area contributed by atoms with E-state index in [9.17, 15) is 9.59 Å². The molecule has 5 nitrogen and oxygen atoms in total. The van der Waals surface area contributed by atoms with Crippen LogP contribution in [0, 0.1) is 0 Å². The first-order chi connectivity index (χ1) is 9.16. The van der Waals surface area contributed by atoms with Crippen LogP contribution in [0.1, 0.15) is 18.4 Å². The van der Waals surface area contributed by atoms with Crippen molar-refractivity contribution in [2.24, 2.45) is 0 Å². The fourth-order valence-corrected chi connectivity index (χ4v) is 3.05. The zero-order chi connectivity index (χ0) is 13.4. The Morgan fingerprint density at radius 1 is 1.32 bits per heavy atom. The summed E-state index contributed by atoms with van der Waals surface area (Å²) in [4.78, 5) is 26.6. The third kappa shape index (κ3) is 2.05. The molecular weight excluding hydrogens is 244 g/mol. The standard InChI is InChI=1S/C14H16N2O3/c17-13-12-8-11(6-7-15(12)14(18)19)16(13)9-10-4-2-1-3-5-10/h1-5,11-12H,6-9H2,(H,18,19)/t11-,12+/m0/s1. The highest BCUT2D eigenvalue weighted by atomic mass is 16.4. The number of carbonyl (C=O) groups excluding carboxylic acids is 1. The van der Waals surface area contributed by atoms with E-state index in [1.807, 2.05) is 35.2 Å². The van der Waals surface area contributed by atoms with Crippen molar-refractivity contribution in [2.75, 3.05) is 6.54 Å². The molecule has 3 rings (SSSR count). The van der Waals surface area contributed by atoms with E-state index in [4.69, 9.17) is 5.11 Å². The number of rotatable bonds is 2. The summed E-state index contributed by atoms with van der Waals surface area (Å²) in [6, 6.07) is 9.54. The molecule has 2 amide bonds. The molecule has 1 aromatic rings. The molecule has 1 aromatic carbocycles. The van der Waals surface area contributed by atoms with Gasteiger partial charge in [-0.05, 0) is 18.4 Å². The number of piperidine rings is 1. The molecule has 1 N–H and O–H groups in total. The van der Waals surface area contributed by atoms with Crippen molar-refractivity contribution in [1.82, 2.24) is 9.80 Å². The maximum atomic E-state index is 12.3. The summed E-state index contributed by atoms with van der Waals surface area (Å²) in [5.74, 6) is -0.0475. The van der Waals surface area contributed by atoms with Crippen LogP contribution in [0.3, 0.4) is 0 Å². The van der Waals surface area contributed by atoms with Gasteiger partial charge in [0.2, 0.25) is 5.91 Å². The number of carboxylic acid groups (broad SMARTS) is 1. The lowest BCUT2D eigenvalue weighted by Crippen LogP contribution is -2.45. The molecule has 0 saturated carbocycles.